The smallest absolute Gasteiger partial charge is 0.193 e. The van der Waals surface area contributed by atoms with E-state index in [4.69, 9.17) is 0 Å². The van der Waals surface area contributed by atoms with Crippen molar-refractivity contribution in [1.82, 2.24) is 10.2 Å². The Kier molecular flexibility index (Phi) is 5.91. The number of aliphatic imine (C=N–C) groups is 1. The molecule has 1 aliphatic rings. The number of hydrogen-bond donors (Lipinski definition) is 1. The third-order valence-corrected chi connectivity index (χ3v) is 3.36. The zero-order valence-electron chi connectivity index (χ0n) is 11.4. The summed E-state index contributed by atoms with van der Waals surface area (Å²) in [7, 11) is 2.08. The number of rotatable bonds is 3. The second-order valence-corrected chi connectivity index (χ2v) is 4.67. The van der Waals surface area contributed by atoms with E-state index in [2.05, 4.69) is 54.3 Å². The molecular formula is C14H22IN3. The second kappa shape index (κ2) is 6.97. The highest BCUT2D eigenvalue weighted by molar-refractivity contribution is 14.0. The quantitative estimate of drug-likeness (QED) is 0.840. The Morgan fingerprint density at radius 2 is 1.94 bits per heavy atom. The maximum Gasteiger partial charge on any atom is 0.193 e. The molecule has 100 valence electrons. The van der Waals surface area contributed by atoms with E-state index in [0.717, 1.165) is 32.0 Å². The SMILES string of the molecule is Cc1cccc(C)c1CCNC1=NCCN1C.I. The van der Waals surface area contributed by atoms with Crippen LogP contribution in [0.5, 0.6) is 0 Å². The van der Waals surface area contributed by atoms with Crippen LogP contribution in [0.15, 0.2) is 23.2 Å². The molecule has 1 heterocycles. The van der Waals surface area contributed by atoms with Crippen molar-refractivity contribution in [2.75, 3.05) is 26.7 Å². The van der Waals surface area contributed by atoms with Crippen molar-refractivity contribution in [3.05, 3.63) is 34.9 Å². The van der Waals surface area contributed by atoms with Crippen LogP contribution in [0.1, 0.15) is 16.7 Å². The molecule has 0 aliphatic carbocycles. The number of guanidine groups is 1. The minimum Gasteiger partial charge on any atom is -0.356 e. The van der Waals surface area contributed by atoms with Gasteiger partial charge in [-0.05, 0) is 37.0 Å². The number of likely N-dealkylation sites (N-methyl/N-ethyl adjacent to an activating group) is 1. The fourth-order valence-corrected chi connectivity index (χ4v) is 2.27. The molecule has 0 saturated carbocycles. The predicted octanol–water partition coefficient (Wildman–Crippen LogP) is 2.35. The van der Waals surface area contributed by atoms with Crippen LogP contribution in [-0.4, -0.2) is 37.5 Å². The minimum atomic E-state index is 0. The van der Waals surface area contributed by atoms with Crippen molar-refractivity contribution >= 4 is 29.9 Å². The third-order valence-electron chi connectivity index (χ3n) is 3.36. The minimum absolute atomic E-state index is 0. The number of nitrogens with one attached hydrogen (secondary N) is 1. The van der Waals surface area contributed by atoms with Crippen LogP contribution in [0.4, 0.5) is 0 Å². The molecule has 0 fully saturated rings. The Balaban J connectivity index is 0.00000162. The largest absolute Gasteiger partial charge is 0.356 e. The average Bonchev–Trinajstić information content (AvgIpc) is 2.69. The van der Waals surface area contributed by atoms with Gasteiger partial charge >= 0.3 is 0 Å². The van der Waals surface area contributed by atoms with Gasteiger partial charge in [0.1, 0.15) is 0 Å². The maximum atomic E-state index is 4.42. The summed E-state index contributed by atoms with van der Waals surface area (Å²) in [6.07, 6.45) is 1.06. The first-order valence-electron chi connectivity index (χ1n) is 6.23. The molecule has 1 aliphatic heterocycles. The molecule has 0 unspecified atom stereocenters. The first-order chi connectivity index (χ1) is 8.18. The van der Waals surface area contributed by atoms with Crippen LogP contribution in [0.3, 0.4) is 0 Å². The van der Waals surface area contributed by atoms with Crippen molar-refractivity contribution in [2.24, 2.45) is 4.99 Å². The fourth-order valence-electron chi connectivity index (χ4n) is 2.27. The molecule has 1 N–H and O–H groups in total. The summed E-state index contributed by atoms with van der Waals surface area (Å²) in [6.45, 7) is 7.27. The van der Waals surface area contributed by atoms with Gasteiger partial charge in [-0.15, -0.1) is 24.0 Å². The summed E-state index contributed by atoms with van der Waals surface area (Å²) in [5, 5.41) is 3.41. The summed E-state index contributed by atoms with van der Waals surface area (Å²) < 4.78 is 0. The van der Waals surface area contributed by atoms with Crippen molar-refractivity contribution in [3.8, 4) is 0 Å². The number of aryl methyl sites for hydroxylation is 2. The van der Waals surface area contributed by atoms with Crippen LogP contribution in [0.25, 0.3) is 0 Å². The summed E-state index contributed by atoms with van der Waals surface area (Å²) in [4.78, 5) is 6.60. The van der Waals surface area contributed by atoms with Crippen molar-refractivity contribution in [3.63, 3.8) is 0 Å². The van der Waals surface area contributed by atoms with Gasteiger partial charge in [0.2, 0.25) is 0 Å². The Morgan fingerprint density at radius 1 is 1.28 bits per heavy atom. The zero-order valence-corrected chi connectivity index (χ0v) is 13.7. The van der Waals surface area contributed by atoms with Crippen LogP contribution < -0.4 is 5.32 Å². The standard InChI is InChI=1S/C14H21N3.HI/c1-11-5-4-6-12(2)13(11)7-8-15-14-16-9-10-17(14)3;/h4-6H,7-10H2,1-3H3,(H,15,16);1H. The molecule has 3 nitrogen and oxygen atoms in total. The highest BCUT2D eigenvalue weighted by Crippen LogP contribution is 2.13. The zero-order chi connectivity index (χ0) is 12.3. The number of hydrogen-bond acceptors (Lipinski definition) is 3. The molecule has 0 aromatic heterocycles. The molecule has 0 amide bonds. The molecule has 0 bridgehead atoms. The molecular weight excluding hydrogens is 337 g/mol. The number of nitrogens with zero attached hydrogens (tertiary/aromatic N) is 2. The Morgan fingerprint density at radius 3 is 2.50 bits per heavy atom. The predicted molar refractivity (Wildman–Crippen MR) is 88.0 cm³/mol. The van der Waals surface area contributed by atoms with Crippen molar-refractivity contribution in [1.29, 1.82) is 0 Å². The molecule has 2 rings (SSSR count). The molecule has 0 spiro atoms. The number of halogens is 1. The number of benzene rings is 1. The van der Waals surface area contributed by atoms with Crippen LogP contribution in [0, 0.1) is 13.8 Å². The fraction of sp³-hybridized carbons (Fsp3) is 0.500. The molecule has 0 saturated heterocycles. The molecule has 0 radical (unpaired) electrons. The van der Waals surface area contributed by atoms with Gasteiger partial charge in [-0.1, -0.05) is 18.2 Å². The van der Waals surface area contributed by atoms with E-state index in [1.807, 2.05) is 0 Å². The van der Waals surface area contributed by atoms with Gasteiger partial charge in [0.05, 0.1) is 6.54 Å². The van der Waals surface area contributed by atoms with E-state index in [1.54, 1.807) is 0 Å². The van der Waals surface area contributed by atoms with Crippen molar-refractivity contribution < 1.29 is 0 Å². The molecule has 1 aromatic carbocycles. The average molecular weight is 359 g/mol. The first-order valence-corrected chi connectivity index (χ1v) is 6.23. The van der Waals surface area contributed by atoms with Crippen molar-refractivity contribution in [2.45, 2.75) is 20.3 Å². The highest BCUT2D eigenvalue weighted by atomic mass is 127. The lowest BCUT2D eigenvalue weighted by Gasteiger charge is -2.16. The second-order valence-electron chi connectivity index (χ2n) is 4.67. The van der Waals surface area contributed by atoms with E-state index < -0.39 is 0 Å². The topological polar surface area (TPSA) is 27.6 Å². The highest BCUT2D eigenvalue weighted by Gasteiger charge is 2.11. The van der Waals surface area contributed by atoms with Gasteiger partial charge in [-0.3, -0.25) is 4.99 Å². The lowest BCUT2D eigenvalue weighted by atomic mass is 10.0. The van der Waals surface area contributed by atoms with Gasteiger partial charge in [-0.2, -0.15) is 0 Å². The lowest BCUT2D eigenvalue weighted by molar-refractivity contribution is 0.534. The maximum absolute atomic E-state index is 4.42. The molecule has 0 atom stereocenters. The van der Waals surface area contributed by atoms with Gasteiger partial charge in [0.15, 0.2) is 5.96 Å². The molecule has 1 aromatic rings. The summed E-state index contributed by atoms with van der Waals surface area (Å²) in [6, 6.07) is 6.49. The van der Waals surface area contributed by atoms with E-state index >= 15 is 0 Å². The monoisotopic (exact) mass is 359 g/mol. The first kappa shape index (κ1) is 15.3. The normalized spacial score (nSPS) is 14.2. The van der Waals surface area contributed by atoms with Crippen LogP contribution in [-0.2, 0) is 6.42 Å². The Labute approximate surface area is 127 Å². The molecule has 4 heteroatoms. The van der Waals surface area contributed by atoms with Gasteiger partial charge in [0, 0.05) is 20.1 Å². The lowest BCUT2D eigenvalue weighted by Crippen LogP contribution is -2.36. The van der Waals surface area contributed by atoms with Crippen LogP contribution >= 0.6 is 24.0 Å². The summed E-state index contributed by atoms with van der Waals surface area (Å²) in [5.74, 6) is 1.04. The van der Waals surface area contributed by atoms with E-state index in [0.29, 0.717) is 0 Å². The Bertz CT molecular complexity index is 409. The summed E-state index contributed by atoms with van der Waals surface area (Å²) >= 11 is 0. The van der Waals surface area contributed by atoms with Crippen LogP contribution in [0.2, 0.25) is 0 Å². The summed E-state index contributed by atoms with van der Waals surface area (Å²) in [5.41, 5.74) is 4.23. The van der Waals surface area contributed by atoms with E-state index in [9.17, 15) is 0 Å². The third kappa shape index (κ3) is 3.60. The van der Waals surface area contributed by atoms with E-state index in [1.165, 1.54) is 16.7 Å². The Hall–Kier alpha value is -0.780. The van der Waals surface area contributed by atoms with Gasteiger partial charge in [0.25, 0.3) is 0 Å². The van der Waals surface area contributed by atoms with E-state index in [-0.39, 0.29) is 24.0 Å². The van der Waals surface area contributed by atoms with Gasteiger partial charge < -0.3 is 10.2 Å². The molecule has 18 heavy (non-hydrogen) atoms. The van der Waals surface area contributed by atoms with Gasteiger partial charge in [-0.25, -0.2) is 0 Å².